The van der Waals surface area contributed by atoms with Gasteiger partial charge in [-0.2, -0.15) is 13.2 Å². The summed E-state index contributed by atoms with van der Waals surface area (Å²) in [5, 5.41) is 3.24. The van der Waals surface area contributed by atoms with Gasteiger partial charge in [0.25, 0.3) is 0 Å². The van der Waals surface area contributed by atoms with Gasteiger partial charge in [-0.25, -0.2) is 0 Å². The van der Waals surface area contributed by atoms with Crippen molar-refractivity contribution < 1.29 is 13.2 Å². The average molecular weight is 322 g/mol. The van der Waals surface area contributed by atoms with Crippen molar-refractivity contribution in [2.45, 2.75) is 52.3 Å². The van der Waals surface area contributed by atoms with Crippen LogP contribution in [-0.4, -0.2) is 67.2 Å². The van der Waals surface area contributed by atoms with Crippen LogP contribution in [0, 0.1) is 0 Å². The molecule has 0 bridgehead atoms. The molecule has 22 heavy (non-hydrogen) atoms. The zero-order chi connectivity index (χ0) is 16.6. The van der Waals surface area contributed by atoms with E-state index in [1.807, 2.05) is 6.92 Å². The molecule has 130 valence electrons. The minimum Gasteiger partial charge on any atom is -0.357 e. The van der Waals surface area contributed by atoms with E-state index >= 15 is 0 Å². The number of hydrogen-bond donors (Lipinski definition) is 1. The number of nitrogens with one attached hydrogen (secondary N) is 1. The number of unbranched alkanes of at least 4 members (excludes halogenated alkanes) is 2. The number of piperazine rings is 1. The summed E-state index contributed by atoms with van der Waals surface area (Å²) >= 11 is 0. The topological polar surface area (TPSA) is 30.9 Å². The van der Waals surface area contributed by atoms with Gasteiger partial charge in [0.15, 0.2) is 5.96 Å². The highest BCUT2D eigenvalue weighted by molar-refractivity contribution is 5.80. The molecule has 0 aromatic carbocycles. The third-order valence-corrected chi connectivity index (χ3v) is 3.99. The van der Waals surface area contributed by atoms with Gasteiger partial charge >= 0.3 is 6.18 Å². The predicted molar refractivity (Wildman–Crippen MR) is 84.2 cm³/mol. The molecule has 1 N–H and O–H groups in total. The quantitative estimate of drug-likeness (QED) is 0.463. The van der Waals surface area contributed by atoms with E-state index in [0.29, 0.717) is 26.2 Å². The lowest BCUT2D eigenvalue weighted by atomic mass is 10.2. The van der Waals surface area contributed by atoms with Gasteiger partial charge in [-0.15, -0.1) is 0 Å². The van der Waals surface area contributed by atoms with Crippen molar-refractivity contribution in [2.24, 2.45) is 4.99 Å². The van der Waals surface area contributed by atoms with Gasteiger partial charge in [0, 0.05) is 39.3 Å². The lowest BCUT2D eigenvalue weighted by Crippen LogP contribution is -2.56. The van der Waals surface area contributed by atoms with Crippen LogP contribution in [0.15, 0.2) is 4.99 Å². The summed E-state index contributed by atoms with van der Waals surface area (Å²) in [6.07, 6.45) is -0.794. The number of nitrogens with zero attached hydrogens (tertiary/aromatic N) is 3. The minimum atomic E-state index is -4.15. The summed E-state index contributed by atoms with van der Waals surface area (Å²) in [4.78, 5) is 8.15. The third kappa shape index (κ3) is 6.02. The maximum Gasteiger partial charge on any atom is 0.403 e. The Kier molecular flexibility index (Phi) is 8.00. The Morgan fingerprint density at radius 1 is 1.14 bits per heavy atom. The molecule has 7 heteroatoms. The molecular formula is C15H29F3N4. The van der Waals surface area contributed by atoms with Gasteiger partial charge in [0.1, 0.15) is 6.04 Å². The molecule has 4 nitrogen and oxygen atoms in total. The first-order valence-electron chi connectivity index (χ1n) is 8.24. The standard InChI is InChI=1S/C15H29F3N4/c1-4-6-7-8-20-14(19-5-2)22-11-9-21(10-12-22)13(3)15(16,17)18/h13H,4-12H2,1-3H3,(H,19,20). The first-order chi connectivity index (χ1) is 10.4. The van der Waals surface area contributed by atoms with Gasteiger partial charge in [-0.05, 0) is 20.3 Å². The van der Waals surface area contributed by atoms with Crippen molar-refractivity contribution in [3.8, 4) is 0 Å². The molecule has 0 spiro atoms. The van der Waals surface area contributed by atoms with Gasteiger partial charge in [-0.3, -0.25) is 9.89 Å². The molecule has 1 atom stereocenters. The molecule has 0 aromatic heterocycles. The molecule has 1 rings (SSSR count). The second-order valence-corrected chi connectivity index (χ2v) is 5.68. The zero-order valence-corrected chi connectivity index (χ0v) is 13.9. The summed E-state index contributed by atoms with van der Waals surface area (Å²) in [6.45, 7) is 8.93. The van der Waals surface area contributed by atoms with E-state index in [1.165, 1.54) is 11.8 Å². The van der Waals surface area contributed by atoms with Crippen LogP contribution in [0.3, 0.4) is 0 Å². The lowest BCUT2D eigenvalue weighted by Gasteiger charge is -2.39. The van der Waals surface area contributed by atoms with Crippen LogP contribution in [0.4, 0.5) is 13.2 Å². The number of guanidine groups is 1. The molecule has 1 unspecified atom stereocenters. The van der Waals surface area contributed by atoms with E-state index in [0.717, 1.165) is 38.3 Å². The maximum absolute atomic E-state index is 12.8. The zero-order valence-electron chi connectivity index (χ0n) is 13.9. The first-order valence-corrected chi connectivity index (χ1v) is 8.24. The summed E-state index contributed by atoms with van der Waals surface area (Å²) in [6, 6.07) is -1.38. The minimum absolute atomic E-state index is 0.417. The maximum atomic E-state index is 12.8. The Morgan fingerprint density at radius 2 is 1.77 bits per heavy atom. The molecule has 0 amide bonds. The van der Waals surface area contributed by atoms with Gasteiger partial charge in [0.2, 0.25) is 0 Å². The fourth-order valence-corrected chi connectivity index (χ4v) is 2.50. The van der Waals surface area contributed by atoms with Crippen molar-refractivity contribution in [3.05, 3.63) is 0 Å². The van der Waals surface area contributed by atoms with Crippen LogP contribution in [0.5, 0.6) is 0 Å². The van der Waals surface area contributed by atoms with Crippen LogP contribution in [0.25, 0.3) is 0 Å². The second-order valence-electron chi connectivity index (χ2n) is 5.68. The third-order valence-electron chi connectivity index (χ3n) is 3.99. The average Bonchev–Trinajstić information content (AvgIpc) is 2.49. The van der Waals surface area contributed by atoms with Gasteiger partial charge in [0.05, 0.1) is 0 Å². The van der Waals surface area contributed by atoms with E-state index in [4.69, 9.17) is 0 Å². The molecule has 1 aliphatic heterocycles. The first kappa shape index (κ1) is 19.1. The highest BCUT2D eigenvalue weighted by atomic mass is 19.4. The number of hydrogen-bond acceptors (Lipinski definition) is 2. The molecule has 0 aliphatic carbocycles. The molecule has 1 heterocycles. The fraction of sp³-hybridized carbons (Fsp3) is 0.933. The Bertz CT molecular complexity index is 336. The lowest BCUT2D eigenvalue weighted by molar-refractivity contribution is -0.181. The van der Waals surface area contributed by atoms with Crippen LogP contribution < -0.4 is 5.32 Å². The Hall–Kier alpha value is -0.980. The SMILES string of the molecule is CCCCCN=C(NCC)N1CCN(C(C)C(F)(F)F)CC1. The Morgan fingerprint density at radius 3 is 2.27 bits per heavy atom. The fourth-order valence-electron chi connectivity index (χ4n) is 2.50. The van der Waals surface area contributed by atoms with Crippen molar-refractivity contribution in [2.75, 3.05) is 39.3 Å². The van der Waals surface area contributed by atoms with Crippen molar-refractivity contribution in [3.63, 3.8) is 0 Å². The number of halogens is 3. The summed E-state index contributed by atoms with van der Waals surface area (Å²) < 4.78 is 38.3. The molecule has 1 saturated heterocycles. The normalized spacial score (nSPS) is 19.4. The monoisotopic (exact) mass is 322 g/mol. The van der Waals surface area contributed by atoms with Crippen molar-refractivity contribution in [1.82, 2.24) is 15.1 Å². The number of aliphatic imine (C=N–C) groups is 1. The van der Waals surface area contributed by atoms with Crippen molar-refractivity contribution >= 4 is 5.96 Å². The van der Waals surface area contributed by atoms with Crippen LogP contribution in [0.1, 0.15) is 40.0 Å². The van der Waals surface area contributed by atoms with Gasteiger partial charge < -0.3 is 10.2 Å². The van der Waals surface area contributed by atoms with E-state index in [1.54, 1.807) is 0 Å². The van der Waals surface area contributed by atoms with Crippen molar-refractivity contribution in [1.29, 1.82) is 0 Å². The Balaban J connectivity index is 2.52. The van der Waals surface area contributed by atoms with Crippen LogP contribution in [0.2, 0.25) is 0 Å². The smallest absolute Gasteiger partial charge is 0.357 e. The summed E-state index contributed by atoms with van der Waals surface area (Å²) in [7, 11) is 0. The molecule has 1 aliphatic rings. The van der Waals surface area contributed by atoms with Gasteiger partial charge in [-0.1, -0.05) is 19.8 Å². The predicted octanol–water partition coefficient (Wildman–Crippen LogP) is 2.71. The molecule has 1 fully saturated rings. The number of rotatable bonds is 6. The van der Waals surface area contributed by atoms with E-state index < -0.39 is 12.2 Å². The van der Waals surface area contributed by atoms with Crippen LogP contribution >= 0.6 is 0 Å². The largest absolute Gasteiger partial charge is 0.403 e. The van der Waals surface area contributed by atoms with E-state index in [-0.39, 0.29) is 0 Å². The molecule has 0 radical (unpaired) electrons. The molecular weight excluding hydrogens is 293 g/mol. The van der Waals surface area contributed by atoms with E-state index in [2.05, 4.69) is 22.1 Å². The van der Waals surface area contributed by atoms with Crippen LogP contribution in [-0.2, 0) is 0 Å². The number of alkyl halides is 3. The summed E-state index contributed by atoms with van der Waals surface area (Å²) in [5.74, 6) is 0.831. The summed E-state index contributed by atoms with van der Waals surface area (Å²) in [5.41, 5.74) is 0. The Labute approximate surface area is 131 Å². The molecule has 0 aromatic rings. The highest BCUT2D eigenvalue weighted by Crippen LogP contribution is 2.25. The van der Waals surface area contributed by atoms with E-state index in [9.17, 15) is 13.2 Å². The molecule has 0 saturated carbocycles. The second kappa shape index (κ2) is 9.22. The highest BCUT2D eigenvalue weighted by Gasteiger charge is 2.41.